The van der Waals surface area contributed by atoms with Gasteiger partial charge in [0.2, 0.25) is 0 Å². The van der Waals surface area contributed by atoms with Crippen LogP contribution in [-0.2, 0) is 25.6 Å². The SMILES string of the molecule is COC(=O)CC(CC(=O)OC)NCc1ccccc1. The molecular weight excluding hydrogens is 246 g/mol. The molecule has 0 saturated heterocycles. The molecule has 1 aromatic rings. The van der Waals surface area contributed by atoms with E-state index in [2.05, 4.69) is 14.8 Å². The molecular formula is C14H19NO4. The van der Waals surface area contributed by atoms with Gasteiger partial charge in [-0.15, -0.1) is 0 Å². The first-order valence-corrected chi connectivity index (χ1v) is 6.06. The molecule has 1 aromatic carbocycles. The van der Waals surface area contributed by atoms with E-state index in [1.165, 1.54) is 14.2 Å². The number of carbonyl (C=O) groups is 2. The van der Waals surface area contributed by atoms with E-state index >= 15 is 0 Å². The van der Waals surface area contributed by atoms with Crippen LogP contribution in [0.4, 0.5) is 0 Å². The molecule has 0 atom stereocenters. The second-order valence-electron chi connectivity index (χ2n) is 4.12. The van der Waals surface area contributed by atoms with Crippen molar-refractivity contribution in [3.63, 3.8) is 0 Å². The maximum absolute atomic E-state index is 11.3. The molecule has 0 spiro atoms. The van der Waals surface area contributed by atoms with Crippen molar-refractivity contribution in [2.24, 2.45) is 0 Å². The number of esters is 2. The molecule has 19 heavy (non-hydrogen) atoms. The Kier molecular flexibility index (Phi) is 6.60. The predicted molar refractivity (Wildman–Crippen MR) is 70.3 cm³/mol. The Hall–Kier alpha value is -1.88. The predicted octanol–water partition coefficient (Wildman–Crippen LogP) is 1.27. The summed E-state index contributed by atoms with van der Waals surface area (Å²) in [5.41, 5.74) is 1.09. The van der Waals surface area contributed by atoms with Crippen LogP contribution in [-0.4, -0.2) is 32.2 Å². The fourth-order valence-corrected chi connectivity index (χ4v) is 1.64. The van der Waals surface area contributed by atoms with Gasteiger partial charge in [-0.2, -0.15) is 0 Å². The fourth-order valence-electron chi connectivity index (χ4n) is 1.64. The van der Waals surface area contributed by atoms with Gasteiger partial charge in [0, 0.05) is 12.6 Å². The molecule has 5 nitrogen and oxygen atoms in total. The van der Waals surface area contributed by atoms with E-state index < -0.39 is 0 Å². The van der Waals surface area contributed by atoms with Crippen LogP contribution < -0.4 is 5.32 Å². The normalized spacial score (nSPS) is 10.3. The lowest BCUT2D eigenvalue weighted by Crippen LogP contribution is -2.33. The van der Waals surface area contributed by atoms with Gasteiger partial charge >= 0.3 is 11.9 Å². The van der Waals surface area contributed by atoms with Gasteiger partial charge in [0.25, 0.3) is 0 Å². The number of hydrogen-bond donors (Lipinski definition) is 1. The van der Waals surface area contributed by atoms with Gasteiger partial charge in [0.1, 0.15) is 0 Å². The van der Waals surface area contributed by atoms with Gasteiger partial charge in [-0.1, -0.05) is 30.3 Å². The zero-order valence-corrected chi connectivity index (χ0v) is 11.2. The van der Waals surface area contributed by atoms with Crippen molar-refractivity contribution < 1.29 is 19.1 Å². The smallest absolute Gasteiger partial charge is 0.307 e. The van der Waals surface area contributed by atoms with Gasteiger partial charge in [-0.05, 0) is 5.56 Å². The summed E-state index contributed by atoms with van der Waals surface area (Å²) < 4.78 is 9.23. The Bertz CT molecular complexity index is 387. The first-order chi connectivity index (χ1) is 9.15. The summed E-state index contributed by atoms with van der Waals surface area (Å²) in [5, 5.41) is 3.16. The second-order valence-corrected chi connectivity index (χ2v) is 4.12. The molecule has 1 N–H and O–H groups in total. The molecule has 0 amide bonds. The lowest BCUT2D eigenvalue weighted by Gasteiger charge is -2.16. The maximum atomic E-state index is 11.3. The standard InChI is InChI=1S/C14H19NO4/c1-18-13(16)8-12(9-14(17)19-2)15-10-11-6-4-3-5-7-11/h3-7,12,15H,8-10H2,1-2H3. The van der Waals surface area contributed by atoms with E-state index in [4.69, 9.17) is 0 Å². The molecule has 5 heteroatoms. The molecule has 0 radical (unpaired) electrons. The second kappa shape index (κ2) is 8.26. The average molecular weight is 265 g/mol. The number of methoxy groups -OCH3 is 2. The van der Waals surface area contributed by atoms with E-state index in [9.17, 15) is 9.59 Å². The Balaban J connectivity index is 2.53. The maximum Gasteiger partial charge on any atom is 0.307 e. The van der Waals surface area contributed by atoms with E-state index in [1.54, 1.807) is 0 Å². The summed E-state index contributed by atoms with van der Waals surface area (Å²) >= 11 is 0. The number of hydrogen-bond acceptors (Lipinski definition) is 5. The van der Waals surface area contributed by atoms with Crippen molar-refractivity contribution in [3.8, 4) is 0 Å². The largest absolute Gasteiger partial charge is 0.469 e. The fraction of sp³-hybridized carbons (Fsp3) is 0.429. The van der Waals surface area contributed by atoms with Gasteiger partial charge in [-0.25, -0.2) is 0 Å². The third-order valence-corrected chi connectivity index (χ3v) is 2.72. The van der Waals surface area contributed by atoms with Crippen molar-refractivity contribution in [1.82, 2.24) is 5.32 Å². The van der Waals surface area contributed by atoms with E-state index in [-0.39, 0.29) is 30.8 Å². The topological polar surface area (TPSA) is 64.6 Å². The highest BCUT2D eigenvalue weighted by Gasteiger charge is 2.18. The number of rotatable bonds is 7. The average Bonchev–Trinajstić information content (AvgIpc) is 2.45. The van der Waals surface area contributed by atoms with Gasteiger partial charge in [-0.3, -0.25) is 9.59 Å². The molecule has 0 bridgehead atoms. The first-order valence-electron chi connectivity index (χ1n) is 6.06. The lowest BCUT2D eigenvalue weighted by atomic mass is 10.1. The summed E-state index contributed by atoms with van der Waals surface area (Å²) in [6.07, 6.45) is 0.275. The highest BCUT2D eigenvalue weighted by atomic mass is 16.5. The summed E-state index contributed by atoms with van der Waals surface area (Å²) in [4.78, 5) is 22.6. The molecule has 0 aliphatic carbocycles. The molecule has 1 rings (SSSR count). The van der Waals surface area contributed by atoms with Gasteiger partial charge < -0.3 is 14.8 Å². The van der Waals surface area contributed by atoms with Gasteiger partial charge in [0.15, 0.2) is 0 Å². The summed E-state index contributed by atoms with van der Waals surface area (Å²) in [6, 6.07) is 9.46. The Morgan fingerprint density at radius 1 is 1.05 bits per heavy atom. The van der Waals surface area contributed by atoms with Gasteiger partial charge in [0.05, 0.1) is 27.1 Å². The third-order valence-electron chi connectivity index (χ3n) is 2.72. The van der Waals surface area contributed by atoms with Crippen LogP contribution in [0.3, 0.4) is 0 Å². The molecule has 0 aliphatic rings. The molecule has 0 aromatic heterocycles. The first kappa shape index (κ1) is 15.2. The van der Waals surface area contributed by atoms with E-state index in [0.717, 1.165) is 5.56 Å². The number of benzene rings is 1. The highest BCUT2D eigenvalue weighted by molar-refractivity contribution is 5.73. The van der Waals surface area contributed by atoms with Crippen LogP contribution in [0.1, 0.15) is 18.4 Å². The molecule has 0 aliphatic heterocycles. The highest BCUT2D eigenvalue weighted by Crippen LogP contribution is 2.05. The van der Waals surface area contributed by atoms with Crippen molar-refractivity contribution in [2.75, 3.05) is 14.2 Å². The zero-order valence-electron chi connectivity index (χ0n) is 11.2. The minimum Gasteiger partial charge on any atom is -0.469 e. The summed E-state index contributed by atoms with van der Waals surface area (Å²) in [7, 11) is 2.66. The quantitative estimate of drug-likeness (QED) is 0.752. The Morgan fingerprint density at radius 2 is 1.58 bits per heavy atom. The molecule has 0 saturated carbocycles. The summed E-state index contributed by atoms with van der Waals surface area (Å²) in [6.45, 7) is 0.583. The Morgan fingerprint density at radius 3 is 2.05 bits per heavy atom. The lowest BCUT2D eigenvalue weighted by molar-refractivity contribution is -0.143. The monoisotopic (exact) mass is 265 g/mol. The molecule has 0 heterocycles. The van der Waals surface area contributed by atoms with Crippen molar-refractivity contribution in [3.05, 3.63) is 35.9 Å². The van der Waals surface area contributed by atoms with Crippen LogP contribution in [0.2, 0.25) is 0 Å². The third kappa shape index (κ3) is 6.01. The summed E-state index contributed by atoms with van der Waals surface area (Å²) in [5.74, 6) is -0.705. The van der Waals surface area contributed by atoms with Crippen LogP contribution >= 0.6 is 0 Å². The minimum atomic E-state index is -0.352. The van der Waals surface area contributed by atoms with Crippen LogP contribution in [0.15, 0.2) is 30.3 Å². The molecule has 0 fully saturated rings. The van der Waals surface area contributed by atoms with Crippen LogP contribution in [0, 0.1) is 0 Å². The number of ether oxygens (including phenoxy) is 2. The van der Waals surface area contributed by atoms with E-state index in [1.807, 2.05) is 30.3 Å². The van der Waals surface area contributed by atoms with E-state index in [0.29, 0.717) is 6.54 Å². The number of carbonyl (C=O) groups excluding carboxylic acids is 2. The molecule has 0 unspecified atom stereocenters. The molecule has 104 valence electrons. The number of nitrogens with one attached hydrogen (secondary N) is 1. The Labute approximate surface area is 112 Å². The van der Waals surface area contributed by atoms with Crippen molar-refractivity contribution in [1.29, 1.82) is 0 Å². The van der Waals surface area contributed by atoms with Crippen molar-refractivity contribution in [2.45, 2.75) is 25.4 Å². The van der Waals surface area contributed by atoms with Crippen molar-refractivity contribution >= 4 is 11.9 Å². The van der Waals surface area contributed by atoms with Crippen LogP contribution in [0.5, 0.6) is 0 Å². The minimum absolute atomic E-state index is 0.137. The van der Waals surface area contributed by atoms with Crippen LogP contribution in [0.25, 0.3) is 0 Å². The zero-order chi connectivity index (χ0) is 14.1.